The molecule has 0 bridgehead atoms. The summed E-state index contributed by atoms with van der Waals surface area (Å²) < 4.78 is 0. The van der Waals surface area contributed by atoms with E-state index in [9.17, 15) is 0 Å². The second-order valence-electron chi connectivity index (χ2n) is 7.60. The molecule has 0 atom stereocenters. The molecule has 1 aromatic heterocycles. The summed E-state index contributed by atoms with van der Waals surface area (Å²) in [7, 11) is 0. The maximum Gasteiger partial charge on any atom is 0.120 e. The van der Waals surface area contributed by atoms with Crippen LogP contribution in [0.1, 0.15) is 70.1 Å². The Bertz CT molecular complexity index is 447. The minimum absolute atomic E-state index is 0.153. The van der Waals surface area contributed by atoms with Gasteiger partial charge in [0.2, 0.25) is 0 Å². The van der Waals surface area contributed by atoms with Crippen molar-refractivity contribution in [2.75, 3.05) is 0 Å². The zero-order valence-electron chi connectivity index (χ0n) is 12.6. The first kappa shape index (κ1) is 13.2. The number of aromatic amines is 1. The number of nitrogens with zero attached hydrogens (tertiary/aromatic N) is 1. The first-order valence-electron chi connectivity index (χ1n) is 7.78. The fourth-order valence-electron chi connectivity index (χ4n) is 3.69. The molecule has 3 nitrogen and oxygen atoms in total. The predicted molar refractivity (Wildman–Crippen MR) is 78.1 cm³/mol. The van der Waals surface area contributed by atoms with Gasteiger partial charge in [-0.05, 0) is 58.3 Å². The first-order chi connectivity index (χ1) is 8.96. The molecule has 19 heavy (non-hydrogen) atoms. The van der Waals surface area contributed by atoms with Crippen LogP contribution in [0.25, 0.3) is 0 Å². The van der Waals surface area contributed by atoms with E-state index in [0.717, 1.165) is 12.4 Å². The van der Waals surface area contributed by atoms with Gasteiger partial charge in [-0.3, -0.25) is 0 Å². The minimum Gasteiger partial charge on any atom is -0.345 e. The van der Waals surface area contributed by atoms with E-state index in [4.69, 9.17) is 4.98 Å². The number of aryl methyl sites for hydroxylation is 1. The van der Waals surface area contributed by atoms with Crippen LogP contribution in [0.4, 0.5) is 0 Å². The number of hydrogen-bond acceptors (Lipinski definition) is 2. The van der Waals surface area contributed by atoms with Gasteiger partial charge in [-0.25, -0.2) is 4.98 Å². The molecule has 1 spiro atoms. The summed E-state index contributed by atoms with van der Waals surface area (Å²) in [6, 6.07) is 0. The predicted octanol–water partition coefficient (Wildman–Crippen LogP) is 3.35. The third-order valence-corrected chi connectivity index (χ3v) is 4.81. The van der Waals surface area contributed by atoms with Gasteiger partial charge in [0.25, 0.3) is 0 Å². The maximum atomic E-state index is 4.79. The van der Waals surface area contributed by atoms with Gasteiger partial charge in [0.1, 0.15) is 5.82 Å². The summed E-state index contributed by atoms with van der Waals surface area (Å²) in [5.74, 6) is 1.12. The average molecular weight is 261 g/mol. The molecule has 1 heterocycles. The summed E-state index contributed by atoms with van der Waals surface area (Å²) in [5, 5.41) is 3.51. The first-order valence-corrected chi connectivity index (χ1v) is 7.78. The average Bonchev–Trinajstić information content (AvgIpc) is 2.93. The van der Waals surface area contributed by atoms with Crippen LogP contribution in [-0.4, -0.2) is 15.5 Å². The normalized spacial score (nSPS) is 21.8. The van der Waals surface area contributed by atoms with E-state index in [0.29, 0.717) is 5.41 Å². The lowest BCUT2D eigenvalue weighted by Crippen LogP contribution is -2.35. The van der Waals surface area contributed by atoms with Crippen LogP contribution in [-0.2, 0) is 19.4 Å². The SMILES string of the molecule is CC(C)(C)NCc1nc2c([nH]1)CC1(CCCC1)CC2. The molecule has 0 aromatic carbocycles. The van der Waals surface area contributed by atoms with E-state index < -0.39 is 0 Å². The standard InChI is InChI=1S/C16H27N3/c1-15(2,3)17-11-14-18-12-6-9-16(7-4-5-8-16)10-13(12)19-14/h17H,4-11H2,1-3H3,(H,18,19). The molecule has 0 unspecified atom stereocenters. The molecular formula is C16H27N3. The summed E-state index contributed by atoms with van der Waals surface area (Å²) in [5.41, 5.74) is 3.54. The molecule has 3 heteroatoms. The van der Waals surface area contributed by atoms with Gasteiger partial charge in [-0.2, -0.15) is 0 Å². The second kappa shape index (κ2) is 4.62. The number of H-pyrrole nitrogens is 1. The van der Waals surface area contributed by atoms with E-state index in [1.54, 1.807) is 0 Å². The van der Waals surface area contributed by atoms with Crippen LogP contribution in [0.15, 0.2) is 0 Å². The number of nitrogens with one attached hydrogen (secondary N) is 2. The lowest BCUT2D eigenvalue weighted by molar-refractivity contribution is 0.251. The topological polar surface area (TPSA) is 40.7 Å². The Hall–Kier alpha value is -0.830. The zero-order chi connectivity index (χ0) is 13.5. The van der Waals surface area contributed by atoms with Gasteiger partial charge >= 0.3 is 0 Å². The highest BCUT2D eigenvalue weighted by Crippen LogP contribution is 2.47. The fourth-order valence-corrected chi connectivity index (χ4v) is 3.69. The Morgan fingerprint density at radius 2 is 1.95 bits per heavy atom. The van der Waals surface area contributed by atoms with E-state index in [1.165, 1.54) is 56.3 Å². The summed E-state index contributed by atoms with van der Waals surface area (Å²) in [6.45, 7) is 7.44. The van der Waals surface area contributed by atoms with E-state index in [1.807, 2.05) is 0 Å². The molecule has 0 aliphatic heterocycles. The Labute approximate surface area is 116 Å². The fraction of sp³-hybridized carbons (Fsp3) is 0.812. The number of aromatic nitrogens is 2. The second-order valence-corrected chi connectivity index (χ2v) is 7.60. The highest BCUT2D eigenvalue weighted by atomic mass is 15.0. The van der Waals surface area contributed by atoms with Crippen molar-refractivity contribution in [1.29, 1.82) is 0 Å². The summed E-state index contributed by atoms with van der Waals surface area (Å²) in [6.07, 6.45) is 9.51. The van der Waals surface area contributed by atoms with Crippen LogP contribution in [0.3, 0.4) is 0 Å². The molecule has 1 fully saturated rings. The van der Waals surface area contributed by atoms with Crippen molar-refractivity contribution in [3.8, 4) is 0 Å². The molecule has 2 aliphatic rings. The van der Waals surface area contributed by atoms with Crippen LogP contribution < -0.4 is 5.32 Å². The van der Waals surface area contributed by atoms with Gasteiger partial charge in [-0.15, -0.1) is 0 Å². The van der Waals surface area contributed by atoms with Crippen LogP contribution in [0.2, 0.25) is 0 Å². The third-order valence-electron chi connectivity index (χ3n) is 4.81. The van der Waals surface area contributed by atoms with Crippen LogP contribution >= 0.6 is 0 Å². The van der Waals surface area contributed by atoms with Gasteiger partial charge in [0, 0.05) is 11.2 Å². The highest BCUT2D eigenvalue weighted by molar-refractivity contribution is 5.21. The van der Waals surface area contributed by atoms with Gasteiger partial charge in [-0.1, -0.05) is 12.8 Å². The molecule has 3 rings (SSSR count). The molecule has 0 saturated heterocycles. The largest absolute Gasteiger partial charge is 0.345 e. The van der Waals surface area contributed by atoms with E-state index in [-0.39, 0.29) is 5.54 Å². The molecule has 0 radical (unpaired) electrons. The van der Waals surface area contributed by atoms with Crippen molar-refractivity contribution in [2.24, 2.45) is 5.41 Å². The Morgan fingerprint density at radius 1 is 1.21 bits per heavy atom. The Balaban J connectivity index is 1.70. The smallest absolute Gasteiger partial charge is 0.120 e. The highest BCUT2D eigenvalue weighted by Gasteiger charge is 2.38. The lowest BCUT2D eigenvalue weighted by atomic mass is 9.73. The molecular weight excluding hydrogens is 234 g/mol. The van der Waals surface area contributed by atoms with Crippen LogP contribution in [0.5, 0.6) is 0 Å². The van der Waals surface area contributed by atoms with Gasteiger partial charge < -0.3 is 10.3 Å². The van der Waals surface area contributed by atoms with Crippen LogP contribution in [0, 0.1) is 5.41 Å². The van der Waals surface area contributed by atoms with Crippen molar-refractivity contribution < 1.29 is 0 Å². The van der Waals surface area contributed by atoms with Crippen molar-refractivity contribution in [2.45, 2.75) is 77.8 Å². The quantitative estimate of drug-likeness (QED) is 0.857. The molecule has 2 aliphatic carbocycles. The van der Waals surface area contributed by atoms with Crippen molar-refractivity contribution >= 4 is 0 Å². The summed E-state index contributed by atoms with van der Waals surface area (Å²) in [4.78, 5) is 8.37. The van der Waals surface area contributed by atoms with Crippen molar-refractivity contribution in [3.05, 3.63) is 17.2 Å². The molecule has 2 N–H and O–H groups in total. The molecule has 1 aromatic rings. The number of rotatable bonds is 2. The number of fused-ring (bicyclic) bond motifs is 1. The monoisotopic (exact) mass is 261 g/mol. The minimum atomic E-state index is 0.153. The number of imidazole rings is 1. The Morgan fingerprint density at radius 3 is 2.63 bits per heavy atom. The maximum absolute atomic E-state index is 4.79. The molecule has 106 valence electrons. The van der Waals surface area contributed by atoms with E-state index >= 15 is 0 Å². The third kappa shape index (κ3) is 2.86. The molecule has 1 saturated carbocycles. The van der Waals surface area contributed by atoms with Gasteiger partial charge in [0.15, 0.2) is 0 Å². The van der Waals surface area contributed by atoms with Crippen molar-refractivity contribution in [3.63, 3.8) is 0 Å². The van der Waals surface area contributed by atoms with Gasteiger partial charge in [0.05, 0.1) is 12.2 Å². The zero-order valence-corrected chi connectivity index (χ0v) is 12.6. The molecule has 0 amide bonds. The number of hydrogen-bond donors (Lipinski definition) is 2. The Kier molecular flexibility index (Phi) is 3.20. The van der Waals surface area contributed by atoms with E-state index in [2.05, 4.69) is 31.1 Å². The summed E-state index contributed by atoms with van der Waals surface area (Å²) >= 11 is 0. The lowest BCUT2D eigenvalue weighted by Gasteiger charge is -2.32. The van der Waals surface area contributed by atoms with Crippen molar-refractivity contribution in [1.82, 2.24) is 15.3 Å².